The van der Waals surface area contributed by atoms with Gasteiger partial charge in [-0.3, -0.25) is 0 Å². The van der Waals surface area contributed by atoms with Crippen LogP contribution in [-0.4, -0.2) is 43.5 Å². The van der Waals surface area contributed by atoms with Crippen LogP contribution in [0.3, 0.4) is 0 Å². The zero-order valence-electron chi connectivity index (χ0n) is 20.0. The van der Waals surface area contributed by atoms with E-state index < -0.39 is 7.14 Å². The molecule has 1 aliphatic heterocycles. The molecule has 0 unspecified atom stereocenters. The van der Waals surface area contributed by atoms with Crippen LogP contribution in [0.2, 0.25) is 5.02 Å². The van der Waals surface area contributed by atoms with Crippen molar-refractivity contribution >= 4 is 52.9 Å². The highest BCUT2D eigenvalue weighted by molar-refractivity contribution is 7.70. The maximum atomic E-state index is 12.7. The third-order valence-electron chi connectivity index (χ3n) is 5.96. The van der Waals surface area contributed by atoms with Crippen LogP contribution in [0.4, 0.5) is 28.8 Å². The van der Waals surface area contributed by atoms with Crippen LogP contribution < -0.4 is 25.6 Å². The molecule has 1 aliphatic rings. The lowest BCUT2D eigenvalue weighted by atomic mass is 9.98. The van der Waals surface area contributed by atoms with Crippen molar-refractivity contribution < 1.29 is 9.30 Å². The number of hydrogen-bond donors (Lipinski definition) is 2. The van der Waals surface area contributed by atoms with Gasteiger partial charge in [-0.15, -0.1) is 0 Å². The molecule has 1 aromatic heterocycles. The standard InChI is InChI=1S/C25H28ClN6O2P/c1-34-22-14-18(32-12-10-17(15-27)11-13-32)8-9-20(22)30-25-28-16-19(26)24(31-25)29-21-6-4-5-7-23(21)35(2,3)33/h4-9,14,16-17H,10-13H2,1-3H3,(H2,28,29,30,31). The predicted molar refractivity (Wildman–Crippen MR) is 143 cm³/mol. The zero-order chi connectivity index (χ0) is 25.0. The van der Waals surface area contributed by atoms with Gasteiger partial charge in [-0.05, 0) is 50.4 Å². The van der Waals surface area contributed by atoms with Gasteiger partial charge in [0.15, 0.2) is 5.82 Å². The van der Waals surface area contributed by atoms with E-state index in [0.29, 0.717) is 33.9 Å². The number of benzene rings is 2. The second kappa shape index (κ2) is 10.6. The molecule has 0 atom stereocenters. The van der Waals surface area contributed by atoms with Crippen molar-refractivity contribution in [2.75, 3.05) is 49.1 Å². The van der Waals surface area contributed by atoms with Gasteiger partial charge in [-0.2, -0.15) is 10.2 Å². The van der Waals surface area contributed by atoms with Gasteiger partial charge in [-0.25, -0.2) is 4.98 Å². The molecule has 1 fully saturated rings. The summed E-state index contributed by atoms with van der Waals surface area (Å²) < 4.78 is 18.3. The summed E-state index contributed by atoms with van der Waals surface area (Å²) in [5.41, 5.74) is 2.45. The number of aromatic nitrogens is 2. The summed E-state index contributed by atoms with van der Waals surface area (Å²) in [5, 5.41) is 16.6. The minimum atomic E-state index is -2.51. The van der Waals surface area contributed by atoms with E-state index in [-0.39, 0.29) is 5.92 Å². The van der Waals surface area contributed by atoms with Gasteiger partial charge < -0.3 is 24.8 Å². The molecule has 2 N–H and O–H groups in total. The number of halogens is 1. The Bertz CT molecular complexity index is 1300. The third-order valence-corrected chi connectivity index (χ3v) is 7.78. The molecule has 0 radical (unpaired) electrons. The molecule has 2 aromatic carbocycles. The maximum absolute atomic E-state index is 12.7. The van der Waals surface area contributed by atoms with Gasteiger partial charge in [0.2, 0.25) is 5.95 Å². The van der Waals surface area contributed by atoms with E-state index in [9.17, 15) is 4.57 Å². The van der Waals surface area contributed by atoms with E-state index in [2.05, 4.69) is 31.6 Å². The fourth-order valence-corrected chi connectivity index (χ4v) is 5.35. The van der Waals surface area contributed by atoms with Gasteiger partial charge in [0.25, 0.3) is 0 Å². The number of nitrogens with zero attached hydrogens (tertiary/aromatic N) is 4. The van der Waals surface area contributed by atoms with Crippen molar-refractivity contribution in [2.45, 2.75) is 12.8 Å². The molecule has 8 nitrogen and oxygen atoms in total. The lowest BCUT2D eigenvalue weighted by molar-refractivity contribution is 0.416. The molecule has 0 bridgehead atoms. The number of nitrogens with one attached hydrogen (secondary N) is 2. The molecule has 1 saturated heterocycles. The van der Waals surface area contributed by atoms with E-state index in [4.69, 9.17) is 21.6 Å². The second-order valence-electron chi connectivity index (χ2n) is 8.78. The first kappa shape index (κ1) is 24.8. The molecule has 35 heavy (non-hydrogen) atoms. The fourth-order valence-electron chi connectivity index (χ4n) is 4.06. The van der Waals surface area contributed by atoms with Gasteiger partial charge >= 0.3 is 0 Å². The Balaban J connectivity index is 1.55. The number of anilines is 5. The van der Waals surface area contributed by atoms with Gasteiger partial charge in [0.1, 0.15) is 17.9 Å². The van der Waals surface area contributed by atoms with Crippen LogP contribution in [0.1, 0.15) is 12.8 Å². The number of nitriles is 1. The van der Waals surface area contributed by atoms with E-state index in [1.54, 1.807) is 20.4 Å². The first-order chi connectivity index (χ1) is 16.8. The van der Waals surface area contributed by atoms with Crippen LogP contribution in [0.15, 0.2) is 48.7 Å². The van der Waals surface area contributed by atoms with Gasteiger partial charge in [0, 0.05) is 36.1 Å². The average Bonchev–Trinajstić information content (AvgIpc) is 2.86. The van der Waals surface area contributed by atoms with Crippen molar-refractivity contribution in [3.8, 4) is 11.8 Å². The lowest BCUT2D eigenvalue weighted by Crippen LogP contribution is -2.33. The third kappa shape index (κ3) is 5.87. The van der Waals surface area contributed by atoms with Crippen LogP contribution in [0.5, 0.6) is 5.75 Å². The SMILES string of the molecule is COc1cc(N2CCC(C#N)CC2)ccc1Nc1ncc(Cl)c(Nc2ccccc2P(C)(C)=O)n1. The van der Waals surface area contributed by atoms with Crippen molar-refractivity contribution in [3.63, 3.8) is 0 Å². The summed E-state index contributed by atoms with van der Waals surface area (Å²) in [6.45, 7) is 5.13. The smallest absolute Gasteiger partial charge is 0.229 e. The van der Waals surface area contributed by atoms with Crippen LogP contribution in [-0.2, 0) is 4.57 Å². The number of hydrogen-bond acceptors (Lipinski definition) is 8. The minimum Gasteiger partial charge on any atom is -0.494 e. The quantitative estimate of drug-likeness (QED) is 0.395. The predicted octanol–water partition coefficient (Wildman–Crippen LogP) is 5.61. The summed E-state index contributed by atoms with van der Waals surface area (Å²) in [5.74, 6) is 1.53. The molecule has 4 rings (SSSR count). The van der Waals surface area contributed by atoms with Gasteiger partial charge in [0.05, 0.1) is 30.8 Å². The Labute approximate surface area is 210 Å². The number of piperidine rings is 1. The zero-order valence-corrected chi connectivity index (χ0v) is 21.6. The minimum absolute atomic E-state index is 0.132. The first-order valence-corrected chi connectivity index (χ1v) is 14.3. The molecule has 0 saturated carbocycles. The van der Waals surface area contributed by atoms with Crippen LogP contribution >= 0.6 is 18.7 Å². The summed E-state index contributed by atoms with van der Waals surface area (Å²) in [7, 11) is -0.890. The molecule has 10 heteroatoms. The van der Waals surface area contributed by atoms with E-state index in [1.807, 2.05) is 42.5 Å². The van der Waals surface area contributed by atoms with Gasteiger partial charge in [-0.1, -0.05) is 23.7 Å². The summed E-state index contributed by atoms with van der Waals surface area (Å²) in [4.78, 5) is 11.1. The first-order valence-electron chi connectivity index (χ1n) is 11.3. The topological polar surface area (TPSA) is 103 Å². The second-order valence-corrected chi connectivity index (χ2v) is 12.4. The number of para-hydroxylation sites is 1. The highest BCUT2D eigenvalue weighted by Gasteiger charge is 2.20. The monoisotopic (exact) mass is 510 g/mol. The van der Waals surface area contributed by atoms with Crippen LogP contribution in [0, 0.1) is 17.2 Å². The van der Waals surface area contributed by atoms with Crippen molar-refractivity contribution in [1.82, 2.24) is 9.97 Å². The highest BCUT2D eigenvalue weighted by atomic mass is 35.5. The van der Waals surface area contributed by atoms with Crippen molar-refractivity contribution in [3.05, 3.63) is 53.7 Å². The normalized spacial score (nSPS) is 14.3. The lowest BCUT2D eigenvalue weighted by Gasteiger charge is -2.31. The number of rotatable bonds is 7. The summed E-state index contributed by atoms with van der Waals surface area (Å²) in [6.07, 6.45) is 3.24. The van der Waals surface area contributed by atoms with E-state index in [1.165, 1.54) is 6.20 Å². The molecule has 0 amide bonds. The molecule has 3 aromatic rings. The molecule has 0 spiro atoms. The molecule has 2 heterocycles. The Morgan fingerprint density at radius 1 is 1.14 bits per heavy atom. The Hall–Kier alpha value is -3.27. The summed E-state index contributed by atoms with van der Waals surface area (Å²) >= 11 is 6.37. The Morgan fingerprint density at radius 3 is 2.57 bits per heavy atom. The van der Waals surface area contributed by atoms with Crippen LogP contribution in [0.25, 0.3) is 0 Å². The molecular formula is C25H28ClN6O2P. The fraction of sp³-hybridized carbons (Fsp3) is 0.320. The average molecular weight is 511 g/mol. The Morgan fingerprint density at radius 2 is 1.89 bits per heavy atom. The Kier molecular flexibility index (Phi) is 7.49. The summed E-state index contributed by atoms with van der Waals surface area (Å²) in [6, 6.07) is 15.7. The molecule has 0 aliphatic carbocycles. The molecule has 182 valence electrons. The number of ether oxygens (including phenoxy) is 1. The number of methoxy groups -OCH3 is 1. The van der Waals surface area contributed by atoms with Crippen molar-refractivity contribution in [2.24, 2.45) is 5.92 Å². The largest absolute Gasteiger partial charge is 0.494 e. The maximum Gasteiger partial charge on any atom is 0.229 e. The van der Waals surface area contributed by atoms with E-state index in [0.717, 1.165) is 36.9 Å². The van der Waals surface area contributed by atoms with Crippen molar-refractivity contribution in [1.29, 1.82) is 5.26 Å². The van der Waals surface area contributed by atoms with E-state index >= 15 is 0 Å². The molecular weight excluding hydrogens is 483 g/mol. The highest BCUT2D eigenvalue weighted by Crippen LogP contribution is 2.39.